The van der Waals surface area contributed by atoms with Crippen LogP contribution in [0.25, 0.3) is 0 Å². The van der Waals surface area contributed by atoms with Crippen LogP contribution >= 0.6 is 0 Å². The Kier molecular flexibility index (Phi) is 3.19. The Bertz CT molecular complexity index is 335. The Labute approximate surface area is 90.3 Å². The van der Waals surface area contributed by atoms with Crippen LogP contribution in [0.15, 0.2) is 0 Å². The normalized spacial score (nSPS) is 18.7. The lowest BCUT2D eigenvalue weighted by Crippen LogP contribution is -1.99. The van der Waals surface area contributed by atoms with E-state index in [0.717, 1.165) is 17.7 Å². The average molecular weight is 206 g/mol. The van der Waals surface area contributed by atoms with Crippen LogP contribution in [0, 0.1) is 6.92 Å². The van der Waals surface area contributed by atoms with Crippen molar-refractivity contribution in [3.05, 3.63) is 17.2 Å². The fraction of sp³-hybridized carbons (Fsp3) is 0.667. The Morgan fingerprint density at radius 3 is 2.47 bits per heavy atom. The zero-order valence-corrected chi connectivity index (χ0v) is 9.25. The second kappa shape index (κ2) is 4.60. The summed E-state index contributed by atoms with van der Waals surface area (Å²) in [6.07, 6.45) is 8.54. The van der Waals surface area contributed by atoms with Crippen LogP contribution in [-0.4, -0.2) is 16.3 Å². The third-order valence-corrected chi connectivity index (χ3v) is 3.29. The minimum absolute atomic E-state index is 0.478. The molecule has 0 aliphatic heterocycles. The van der Waals surface area contributed by atoms with Crippen LogP contribution in [0.5, 0.6) is 0 Å². The highest BCUT2D eigenvalue weighted by atomic mass is 16.1. The first-order chi connectivity index (χ1) is 7.31. The van der Waals surface area contributed by atoms with Gasteiger partial charge in [-0.1, -0.05) is 25.7 Å². The van der Waals surface area contributed by atoms with E-state index >= 15 is 0 Å². The van der Waals surface area contributed by atoms with Gasteiger partial charge in [-0.2, -0.15) is 0 Å². The third-order valence-electron chi connectivity index (χ3n) is 3.29. The molecular weight excluding hydrogens is 188 g/mol. The molecule has 82 valence electrons. The lowest BCUT2D eigenvalue weighted by Gasteiger charge is -2.11. The topological polar surface area (TPSA) is 45.8 Å². The second-order valence-electron chi connectivity index (χ2n) is 4.44. The number of aryl methyl sites for hydroxylation is 1. The Morgan fingerprint density at radius 1 is 1.27 bits per heavy atom. The van der Waals surface area contributed by atoms with Crippen LogP contribution < -0.4 is 0 Å². The molecule has 1 N–H and O–H groups in total. The number of H-pyrrole nitrogens is 1. The molecule has 0 unspecified atom stereocenters. The van der Waals surface area contributed by atoms with Crippen molar-refractivity contribution in [1.29, 1.82) is 0 Å². The first-order valence-electron chi connectivity index (χ1n) is 5.83. The maximum absolute atomic E-state index is 10.6. The van der Waals surface area contributed by atoms with E-state index in [9.17, 15) is 4.79 Å². The summed E-state index contributed by atoms with van der Waals surface area (Å²) in [4.78, 5) is 18.0. The highest BCUT2D eigenvalue weighted by Gasteiger charge is 2.19. The molecule has 1 saturated carbocycles. The molecule has 1 aromatic rings. The summed E-state index contributed by atoms with van der Waals surface area (Å²) in [5.74, 6) is 1.05. The maximum Gasteiger partial charge on any atom is 0.185 e. The third kappa shape index (κ3) is 2.28. The molecule has 1 fully saturated rings. The highest BCUT2D eigenvalue weighted by molar-refractivity contribution is 5.69. The van der Waals surface area contributed by atoms with Crippen LogP contribution in [0.3, 0.4) is 0 Å². The van der Waals surface area contributed by atoms with E-state index in [2.05, 4.69) is 9.97 Å². The quantitative estimate of drug-likeness (QED) is 0.597. The van der Waals surface area contributed by atoms with Gasteiger partial charge < -0.3 is 4.98 Å². The van der Waals surface area contributed by atoms with Crippen LogP contribution in [0.1, 0.15) is 66.4 Å². The smallest absolute Gasteiger partial charge is 0.185 e. The van der Waals surface area contributed by atoms with Crippen LogP contribution in [-0.2, 0) is 0 Å². The number of rotatable bonds is 2. The molecule has 3 heteroatoms. The molecule has 0 bridgehead atoms. The summed E-state index contributed by atoms with van der Waals surface area (Å²) in [6.45, 7) is 2.01. The zero-order valence-electron chi connectivity index (χ0n) is 9.25. The predicted octanol–water partition coefficient (Wildman–Crippen LogP) is 2.97. The predicted molar refractivity (Wildman–Crippen MR) is 59.2 cm³/mol. The first kappa shape index (κ1) is 10.4. The number of hydrogen-bond donors (Lipinski definition) is 1. The molecule has 0 aromatic carbocycles. The number of nitrogens with zero attached hydrogens (tertiary/aromatic N) is 1. The van der Waals surface area contributed by atoms with E-state index < -0.39 is 0 Å². The average Bonchev–Trinajstić information content (AvgIpc) is 2.48. The highest BCUT2D eigenvalue weighted by Crippen LogP contribution is 2.31. The number of imidazole rings is 1. The van der Waals surface area contributed by atoms with Gasteiger partial charge in [0, 0.05) is 11.6 Å². The summed E-state index contributed by atoms with van der Waals surface area (Å²) in [7, 11) is 0. The fourth-order valence-electron chi connectivity index (χ4n) is 2.50. The molecule has 2 rings (SSSR count). The monoisotopic (exact) mass is 206 g/mol. The van der Waals surface area contributed by atoms with Gasteiger partial charge >= 0.3 is 0 Å². The molecule has 0 amide bonds. The van der Waals surface area contributed by atoms with Gasteiger partial charge in [-0.3, -0.25) is 4.79 Å². The molecular formula is C12H18N2O. The second-order valence-corrected chi connectivity index (χ2v) is 4.44. The number of aromatic nitrogens is 2. The van der Waals surface area contributed by atoms with Crippen molar-refractivity contribution in [1.82, 2.24) is 9.97 Å². The van der Waals surface area contributed by atoms with Crippen molar-refractivity contribution in [2.24, 2.45) is 0 Å². The molecule has 0 saturated heterocycles. The van der Waals surface area contributed by atoms with Crippen molar-refractivity contribution in [2.45, 2.75) is 51.4 Å². The van der Waals surface area contributed by atoms with E-state index in [1.807, 2.05) is 6.92 Å². The largest absolute Gasteiger partial charge is 0.340 e. The molecule has 0 atom stereocenters. The summed E-state index contributed by atoms with van der Waals surface area (Å²) < 4.78 is 0. The number of aromatic amines is 1. The number of carbonyl (C=O) groups is 1. The van der Waals surface area contributed by atoms with Gasteiger partial charge in [0.05, 0.1) is 5.69 Å². The van der Waals surface area contributed by atoms with E-state index in [1.165, 1.54) is 38.5 Å². The minimum atomic E-state index is 0.478. The lowest BCUT2D eigenvalue weighted by atomic mass is 9.95. The van der Waals surface area contributed by atoms with Crippen molar-refractivity contribution < 1.29 is 4.79 Å². The fourth-order valence-corrected chi connectivity index (χ4v) is 2.50. The van der Waals surface area contributed by atoms with Gasteiger partial charge in [0.2, 0.25) is 0 Å². The van der Waals surface area contributed by atoms with E-state index in [4.69, 9.17) is 0 Å². The van der Waals surface area contributed by atoms with Crippen molar-refractivity contribution in [3.63, 3.8) is 0 Å². The maximum atomic E-state index is 10.6. The van der Waals surface area contributed by atoms with Crippen molar-refractivity contribution >= 4 is 6.29 Å². The zero-order chi connectivity index (χ0) is 10.7. The minimum Gasteiger partial charge on any atom is -0.340 e. The molecule has 0 radical (unpaired) electrons. The van der Waals surface area contributed by atoms with Gasteiger partial charge in [0.25, 0.3) is 0 Å². The molecule has 3 nitrogen and oxygen atoms in total. The Hall–Kier alpha value is -1.12. The number of nitrogens with one attached hydrogen (secondary N) is 1. The molecule has 15 heavy (non-hydrogen) atoms. The molecule has 1 heterocycles. The summed E-state index contributed by atoms with van der Waals surface area (Å²) in [6, 6.07) is 0. The van der Waals surface area contributed by atoms with Crippen LogP contribution in [0.4, 0.5) is 0 Å². The SMILES string of the molecule is Cc1[nH]c(C=O)nc1C1CCCCCC1. The van der Waals surface area contributed by atoms with E-state index in [0.29, 0.717) is 11.7 Å². The summed E-state index contributed by atoms with van der Waals surface area (Å²) in [5, 5.41) is 0. The van der Waals surface area contributed by atoms with Crippen molar-refractivity contribution in [2.75, 3.05) is 0 Å². The number of aldehydes is 1. The summed E-state index contributed by atoms with van der Waals surface area (Å²) >= 11 is 0. The van der Waals surface area contributed by atoms with Gasteiger partial charge in [-0.05, 0) is 19.8 Å². The van der Waals surface area contributed by atoms with Gasteiger partial charge in [0.1, 0.15) is 0 Å². The molecule has 1 aliphatic carbocycles. The lowest BCUT2D eigenvalue weighted by molar-refractivity contribution is 0.111. The van der Waals surface area contributed by atoms with E-state index in [1.54, 1.807) is 0 Å². The standard InChI is InChI=1S/C12H18N2O/c1-9-12(14-11(8-15)13-9)10-6-4-2-3-5-7-10/h8,10H,2-7H2,1H3,(H,13,14). The van der Waals surface area contributed by atoms with Gasteiger partial charge in [0.15, 0.2) is 12.1 Å². The Morgan fingerprint density at radius 2 is 1.93 bits per heavy atom. The summed E-state index contributed by atoms with van der Waals surface area (Å²) in [5.41, 5.74) is 2.20. The Balaban J connectivity index is 2.18. The first-order valence-corrected chi connectivity index (χ1v) is 5.83. The number of carbonyl (C=O) groups excluding carboxylic acids is 1. The molecule has 0 spiro atoms. The van der Waals surface area contributed by atoms with Gasteiger partial charge in [-0.15, -0.1) is 0 Å². The van der Waals surface area contributed by atoms with Crippen molar-refractivity contribution in [3.8, 4) is 0 Å². The molecule has 1 aliphatic rings. The van der Waals surface area contributed by atoms with Crippen LogP contribution in [0.2, 0.25) is 0 Å². The molecule has 1 aromatic heterocycles. The van der Waals surface area contributed by atoms with E-state index in [-0.39, 0.29) is 0 Å². The van der Waals surface area contributed by atoms with Gasteiger partial charge in [-0.25, -0.2) is 4.98 Å². The number of hydrogen-bond acceptors (Lipinski definition) is 2.